The fourth-order valence-electron chi connectivity index (χ4n) is 2.82. The lowest BCUT2D eigenvalue weighted by Crippen LogP contribution is -2.48. The molecule has 25 heavy (non-hydrogen) atoms. The maximum absolute atomic E-state index is 12.8. The van der Waals surface area contributed by atoms with Gasteiger partial charge in [-0.05, 0) is 24.3 Å². The predicted octanol–water partition coefficient (Wildman–Crippen LogP) is 2.76. The molecule has 2 aromatic rings. The second-order valence-electron chi connectivity index (χ2n) is 5.60. The van der Waals surface area contributed by atoms with E-state index in [2.05, 4.69) is 4.90 Å². The molecule has 1 saturated heterocycles. The number of nitro groups is 1. The molecule has 7 nitrogen and oxygen atoms in total. The summed E-state index contributed by atoms with van der Waals surface area (Å²) in [5.74, 6) is 0. The van der Waals surface area contributed by atoms with Gasteiger partial charge in [-0.2, -0.15) is 4.31 Å². The molecule has 0 amide bonds. The van der Waals surface area contributed by atoms with E-state index in [1.165, 1.54) is 16.4 Å². The third-order valence-corrected chi connectivity index (χ3v) is 6.28. The SMILES string of the molecule is O=[N+]([O-])c1cc(Cl)ccc1S(=O)(=O)N1CCN(c2ccccc2)CC1. The first-order valence-corrected chi connectivity index (χ1v) is 9.45. The van der Waals surface area contributed by atoms with Gasteiger partial charge in [0.25, 0.3) is 5.69 Å². The zero-order valence-electron chi connectivity index (χ0n) is 13.2. The molecule has 0 bridgehead atoms. The van der Waals surface area contributed by atoms with Crippen molar-refractivity contribution >= 4 is 33.0 Å². The summed E-state index contributed by atoms with van der Waals surface area (Å²) in [4.78, 5) is 12.2. The van der Waals surface area contributed by atoms with E-state index in [-0.39, 0.29) is 23.0 Å². The number of para-hydroxylation sites is 1. The van der Waals surface area contributed by atoms with Gasteiger partial charge in [0, 0.05) is 43.0 Å². The van der Waals surface area contributed by atoms with Gasteiger partial charge in [0.2, 0.25) is 10.0 Å². The van der Waals surface area contributed by atoms with E-state index < -0.39 is 20.6 Å². The van der Waals surface area contributed by atoms with Crippen LogP contribution in [0.3, 0.4) is 0 Å². The summed E-state index contributed by atoms with van der Waals surface area (Å²) in [6.45, 7) is 1.56. The van der Waals surface area contributed by atoms with Crippen LogP contribution in [-0.2, 0) is 10.0 Å². The topological polar surface area (TPSA) is 83.8 Å². The van der Waals surface area contributed by atoms with Crippen LogP contribution in [0.1, 0.15) is 0 Å². The fourth-order valence-corrected chi connectivity index (χ4v) is 4.54. The molecule has 0 N–H and O–H groups in total. The van der Waals surface area contributed by atoms with Gasteiger partial charge >= 0.3 is 0 Å². The number of anilines is 1. The van der Waals surface area contributed by atoms with E-state index in [1.807, 2.05) is 30.3 Å². The van der Waals surface area contributed by atoms with Gasteiger partial charge in [-0.3, -0.25) is 10.1 Å². The number of piperazine rings is 1. The average Bonchev–Trinajstić information content (AvgIpc) is 2.62. The van der Waals surface area contributed by atoms with Crippen molar-refractivity contribution < 1.29 is 13.3 Å². The Hall–Kier alpha value is -2.16. The number of rotatable bonds is 4. The fraction of sp³-hybridized carbons (Fsp3) is 0.250. The Morgan fingerprint density at radius 1 is 1.00 bits per heavy atom. The summed E-state index contributed by atoms with van der Waals surface area (Å²) < 4.78 is 26.9. The second-order valence-corrected chi connectivity index (χ2v) is 7.94. The monoisotopic (exact) mass is 381 g/mol. The molecular formula is C16H16ClN3O4S. The van der Waals surface area contributed by atoms with E-state index in [0.717, 1.165) is 11.8 Å². The molecule has 0 aromatic heterocycles. The maximum Gasteiger partial charge on any atom is 0.290 e. The summed E-state index contributed by atoms with van der Waals surface area (Å²) in [5.41, 5.74) is 0.523. The number of sulfonamides is 1. The average molecular weight is 382 g/mol. The molecule has 1 aliphatic heterocycles. The number of nitrogens with zero attached hydrogens (tertiary/aromatic N) is 3. The summed E-state index contributed by atoms with van der Waals surface area (Å²) in [6.07, 6.45) is 0. The Morgan fingerprint density at radius 3 is 2.24 bits per heavy atom. The highest BCUT2D eigenvalue weighted by atomic mass is 35.5. The van der Waals surface area contributed by atoms with Crippen molar-refractivity contribution in [3.63, 3.8) is 0 Å². The van der Waals surface area contributed by atoms with Crippen molar-refractivity contribution in [3.05, 3.63) is 63.7 Å². The molecule has 1 fully saturated rings. The zero-order chi connectivity index (χ0) is 18.0. The summed E-state index contributed by atoms with van der Waals surface area (Å²) in [6, 6.07) is 13.3. The Morgan fingerprint density at radius 2 is 1.64 bits per heavy atom. The van der Waals surface area contributed by atoms with Gasteiger partial charge in [-0.15, -0.1) is 0 Å². The number of halogens is 1. The largest absolute Gasteiger partial charge is 0.369 e. The molecule has 0 unspecified atom stereocenters. The van der Waals surface area contributed by atoms with Crippen LogP contribution < -0.4 is 4.90 Å². The number of hydrogen-bond acceptors (Lipinski definition) is 5. The molecular weight excluding hydrogens is 366 g/mol. The third kappa shape index (κ3) is 3.60. The van der Waals surface area contributed by atoms with Crippen molar-refractivity contribution in [2.75, 3.05) is 31.1 Å². The Kier molecular flexibility index (Phi) is 4.94. The normalized spacial score (nSPS) is 16.0. The minimum atomic E-state index is -3.95. The molecule has 9 heteroatoms. The predicted molar refractivity (Wildman–Crippen MR) is 95.5 cm³/mol. The molecule has 1 heterocycles. The van der Waals surface area contributed by atoms with Gasteiger partial charge in [0.15, 0.2) is 4.90 Å². The lowest BCUT2D eigenvalue weighted by molar-refractivity contribution is -0.387. The number of hydrogen-bond donors (Lipinski definition) is 0. The second kappa shape index (κ2) is 6.99. The molecule has 1 aliphatic rings. The minimum absolute atomic E-state index is 0.125. The van der Waals surface area contributed by atoms with Crippen molar-refractivity contribution in [1.29, 1.82) is 0 Å². The van der Waals surface area contributed by atoms with Crippen molar-refractivity contribution in [2.45, 2.75) is 4.90 Å². The minimum Gasteiger partial charge on any atom is -0.369 e. The highest BCUT2D eigenvalue weighted by molar-refractivity contribution is 7.89. The van der Waals surface area contributed by atoms with Crippen molar-refractivity contribution in [1.82, 2.24) is 4.31 Å². The lowest BCUT2D eigenvalue weighted by atomic mass is 10.2. The van der Waals surface area contributed by atoms with Gasteiger partial charge in [0.05, 0.1) is 4.92 Å². The first kappa shape index (κ1) is 17.7. The Balaban J connectivity index is 1.82. The van der Waals surface area contributed by atoms with Gasteiger partial charge in [-0.25, -0.2) is 8.42 Å². The van der Waals surface area contributed by atoms with Crippen molar-refractivity contribution in [2.24, 2.45) is 0 Å². The molecule has 0 spiro atoms. The Labute approximate surface area is 150 Å². The summed E-state index contributed by atoms with van der Waals surface area (Å²) in [5, 5.41) is 11.3. The first-order chi connectivity index (χ1) is 11.9. The lowest BCUT2D eigenvalue weighted by Gasteiger charge is -2.35. The van der Waals surface area contributed by atoms with E-state index in [9.17, 15) is 18.5 Å². The van der Waals surface area contributed by atoms with Crippen LogP contribution in [0.4, 0.5) is 11.4 Å². The van der Waals surface area contributed by atoms with E-state index >= 15 is 0 Å². The molecule has 0 radical (unpaired) electrons. The summed E-state index contributed by atoms with van der Waals surface area (Å²) in [7, 11) is -3.95. The molecule has 132 valence electrons. The third-order valence-electron chi connectivity index (χ3n) is 4.10. The molecule has 0 aliphatic carbocycles. The van der Waals surface area contributed by atoms with Crippen molar-refractivity contribution in [3.8, 4) is 0 Å². The number of nitro benzene ring substituents is 1. The van der Waals surface area contributed by atoms with Crippen LogP contribution in [0.15, 0.2) is 53.4 Å². The maximum atomic E-state index is 12.8. The zero-order valence-corrected chi connectivity index (χ0v) is 14.8. The molecule has 0 saturated carbocycles. The summed E-state index contributed by atoms with van der Waals surface area (Å²) >= 11 is 5.76. The highest BCUT2D eigenvalue weighted by Gasteiger charge is 2.33. The smallest absolute Gasteiger partial charge is 0.290 e. The first-order valence-electron chi connectivity index (χ1n) is 7.64. The van der Waals surface area contributed by atoms with Crippen LogP contribution in [0.25, 0.3) is 0 Å². The quantitative estimate of drug-likeness (QED) is 0.600. The van der Waals surface area contributed by atoms with Crippen LogP contribution in [0.5, 0.6) is 0 Å². The highest BCUT2D eigenvalue weighted by Crippen LogP contribution is 2.30. The van der Waals surface area contributed by atoms with Gasteiger partial charge in [-0.1, -0.05) is 29.8 Å². The van der Waals surface area contributed by atoms with Crippen LogP contribution in [0.2, 0.25) is 5.02 Å². The van der Waals surface area contributed by atoms with E-state index in [0.29, 0.717) is 13.1 Å². The Bertz CT molecular complexity index is 882. The van der Waals surface area contributed by atoms with Crippen LogP contribution in [-0.4, -0.2) is 43.8 Å². The van der Waals surface area contributed by atoms with Crippen LogP contribution in [0, 0.1) is 10.1 Å². The van der Waals surface area contributed by atoms with E-state index in [4.69, 9.17) is 11.6 Å². The standard InChI is InChI=1S/C16H16ClN3O4S/c17-13-6-7-16(15(12-13)20(21)22)25(23,24)19-10-8-18(9-11-19)14-4-2-1-3-5-14/h1-7,12H,8-11H2. The molecule has 2 aromatic carbocycles. The van der Waals surface area contributed by atoms with Gasteiger partial charge < -0.3 is 4.90 Å². The van der Waals surface area contributed by atoms with Crippen LogP contribution >= 0.6 is 11.6 Å². The number of benzene rings is 2. The van der Waals surface area contributed by atoms with E-state index in [1.54, 1.807) is 0 Å². The molecule has 3 rings (SSSR count). The van der Waals surface area contributed by atoms with Gasteiger partial charge in [0.1, 0.15) is 0 Å². The molecule has 0 atom stereocenters.